The van der Waals surface area contributed by atoms with Gasteiger partial charge in [-0.2, -0.15) is 0 Å². The van der Waals surface area contributed by atoms with Crippen LogP contribution in [0.1, 0.15) is 45.7 Å². The Morgan fingerprint density at radius 3 is 2.80 bits per heavy atom. The van der Waals surface area contributed by atoms with Crippen molar-refractivity contribution >= 4 is 34.1 Å². The van der Waals surface area contributed by atoms with Crippen LogP contribution in [0.15, 0.2) is 36.5 Å². The maximum atomic E-state index is 13.2. The lowest BCUT2D eigenvalue weighted by molar-refractivity contribution is 0.0966. The number of fused-ring (bicyclic) bond motifs is 4. The molecule has 0 saturated carbocycles. The van der Waals surface area contributed by atoms with Gasteiger partial charge in [-0.05, 0) is 86.3 Å². The highest BCUT2D eigenvalue weighted by Crippen LogP contribution is 2.41. The molecule has 7 rings (SSSR count). The van der Waals surface area contributed by atoms with Crippen LogP contribution in [-0.4, -0.2) is 63.7 Å². The summed E-state index contributed by atoms with van der Waals surface area (Å²) in [6, 6.07) is 10.3. The van der Waals surface area contributed by atoms with Crippen LogP contribution < -0.4 is 15.5 Å². The summed E-state index contributed by atoms with van der Waals surface area (Å²) in [4.78, 5) is 27.2. The number of carbonyl (C=O) groups excluding carboxylic acids is 1. The normalized spacial score (nSPS) is 18.1. The number of rotatable bonds is 6. The zero-order valence-corrected chi connectivity index (χ0v) is 23.3. The minimum Gasteiger partial charge on any atom is -0.391 e. The lowest BCUT2D eigenvalue weighted by Gasteiger charge is -2.23. The monoisotopic (exact) mass is 537 g/mol. The molecule has 1 aliphatic carbocycles. The molecule has 206 valence electrons. The molecular formula is C31H35N7O2. The van der Waals surface area contributed by atoms with Crippen LogP contribution in [0.3, 0.4) is 0 Å². The van der Waals surface area contributed by atoms with E-state index in [1.807, 2.05) is 32.4 Å². The number of aryl methyl sites for hydroxylation is 2. The van der Waals surface area contributed by atoms with E-state index in [-0.39, 0.29) is 12.0 Å². The summed E-state index contributed by atoms with van der Waals surface area (Å²) in [5.41, 5.74) is 10.4. The molecule has 1 fully saturated rings. The van der Waals surface area contributed by atoms with Crippen molar-refractivity contribution in [1.82, 2.24) is 24.8 Å². The molecule has 5 heterocycles. The Kier molecular flexibility index (Phi) is 6.01. The summed E-state index contributed by atoms with van der Waals surface area (Å²) >= 11 is 0. The number of aromatic nitrogens is 3. The fourth-order valence-electron chi connectivity index (χ4n) is 6.79. The molecule has 0 spiro atoms. The van der Waals surface area contributed by atoms with Crippen molar-refractivity contribution in [2.24, 2.45) is 7.05 Å². The number of nitrogens with one attached hydrogen (secondary N) is 2. The minimum absolute atomic E-state index is 0.0702. The molecule has 40 heavy (non-hydrogen) atoms. The maximum Gasteiger partial charge on any atom is 0.254 e. The highest BCUT2D eigenvalue weighted by Gasteiger charge is 2.30. The number of amides is 1. The third kappa shape index (κ3) is 4.03. The molecule has 0 unspecified atom stereocenters. The number of anilines is 3. The maximum absolute atomic E-state index is 13.2. The number of aliphatic hydroxyl groups is 1. The standard InChI is InChI=1S/C31H35N7O2/c1-36(2)17-24-26(38-14-12-18(39)16-38)9-10-27(35-24)34-23-8-7-19(22-15-33-31(40)29(22)23)20-11-13-32-30-28(20)21-5-4-6-25(21)37(30)3/h7-11,13,18,39H,4-6,12,14-17H2,1-3H3,(H,33,40)(H,34,35)/t18-/m1/s1. The molecule has 0 radical (unpaired) electrons. The van der Waals surface area contributed by atoms with Crippen LogP contribution in [0.25, 0.3) is 22.2 Å². The van der Waals surface area contributed by atoms with Gasteiger partial charge in [0.05, 0.1) is 28.7 Å². The Morgan fingerprint density at radius 1 is 1.12 bits per heavy atom. The van der Waals surface area contributed by atoms with E-state index in [4.69, 9.17) is 9.97 Å². The summed E-state index contributed by atoms with van der Waals surface area (Å²) in [7, 11) is 6.16. The average molecular weight is 538 g/mol. The van der Waals surface area contributed by atoms with Gasteiger partial charge in [0.15, 0.2) is 0 Å². The lowest BCUT2D eigenvalue weighted by atomic mass is 9.93. The van der Waals surface area contributed by atoms with Crippen LogP contribution >= 0.6 is 0 Å². The van der Waals surface area contributed by atoms with E-state index in [1.165, 1.54) is 23.1 Å². The van der Waals surface area contributed by atoms with Crippen molar-refractivity contribution < 1.29 is 9.90 Å². The Morgan fingerprint density at radius 2 is 2.00 bits per heavy atom. The molecule has 1 atom stereocenters. The molecule has 9 heteroatoms. The van der Waals surface area contributed by atoms with Crippen molar-refractivity contribution in [2.45, 2.75) is 44.9 Å². The third-order valence-corrected chi connectivity index (χ3v) is 8.58. The smallest absolute Gasteiger partial charge is 0.254 e. The first-order valence-electron chi connectivity index (χ1n) is 14.1. The number of aliphatic hydroxyl groups excluding tert-OH is 1. The summed E-state index contributed by atoms with van der Waals surface area (Å²) < 4.78 is 2.24. The van der Waals surface area contributed by atoms with Crippen molar-refractivity contribution in [3.05, 3.63) is 64.6 Å². The molecule has 9 nitrogen and oxygen atoms in total. The Labute approximate surface area is 233 Å². The van der Waals surface area contributed by atoms with Gasteiger partial charge in [0.25, 0.3) is 5.91 Å². The molecule has 2 aliphatic heterocycles. The fraction of sp³-hybridized carbons (Fsp3) is 0.387. The number of benzene rings is 1. The van der Waals surface area contributed by atoms with Crippen LogP contribution in [0.5, 0.6) is 0 Å². The molecule has 1 aromatic carbocycles. The second-order valence-electron chi connectivity index (χ2n) is 11.5. The molecule has 3 aromatic heterocycles. The minimum atomic E-state index is -0.303. The first kappa shape index (κ1) is 25.0. The highest BCUT2D eigenvalue weighted by molar-refractivity contribution is 6.08. The number of carbonyl (C=O) groups is 1. The number of hydrogen-bond donors (Lipinski definition) is 3. The van der Waals surface area contributed by atoms with Crippen molar-refractivity contribution in [1.29, 1.82) is 0 Å². The van der Waals surface area contributed by atoms with Crippen LogP contribution in [-0.2, 0) is 33.0 Å². The second kappa shape index (κ2) is 9.60. The topological polar surface area (TPSA) is 98.5 Å². The van der Waals surface area contributed by atoms with Gasteiger partial charge < -0.3 is 30.1 Å². The molecule has 1 amide bonds. The van der Waals surface area contributed by atoms with E-state index in [9.17, 15) is 9.90 Å². The van der Waals surface area contributed by atoms with Crippen molar-refractivity contribution in [3.8, 4) is 11.1 Å². The summed E-state index contributed by atoms with van der Waals surface area (Å²) in [5.74, 6) is 0.626. The zero-order valence-electron chi connectivity index (χ0n) is 23.3. The lowest BCUT2D eigenvalue weighted by Crippen LogP contribution is -2.24. The summed E-state index contributed by atoms with van der Waals surface area (Å²) in [5, 5.41) is 17.8. The first-order valence-corrected chi connectivity index (χ1v) is 14.1. The third-order valence-electron chi connectivity index (χ3n) is 8.58. The molecule has 4 aromatic rings. The van der Waals surface area contributed by atoms with Gasteiger partial charge in [0.2, 0.25) is 0 Å². The van der Waals surface area contributed by atoms with Gasteiger partial charge in [0.1, 0.15) is 11.5 Å². The predicted molar refractivity (Wildman–Crippen MR) is 157 cm³/mol. The van der Waals surface area contributed by atoms with E-state index in [0.29, 0.717) is 31.0 Å². The molecule has 3 N–H and O–H groups in total. The largest absolute Gasteiger partial charge is 0.391 e. The number of nitrogens with zero attached hydrogens (tertiary/aromatic N) is 5. The summed E-state index contributed by atoms with van der Waals surface area (Å²) in [6.45, 7) is 2.61. The Balaban J connectivity index is 1.28. The highest BCUT2D eigenvalue weighted by atomic mass is 16.3. The van der Waals surface area contributed by atoms with Crippen molar-refractivity contribution in [2.75, 3.05) is 37.4 Å². The quantitative estimate of drug-likeness (QED) is 0.345. The van der Waals surface area contributed by atoms with Crippen LogP contribution in [0.4, 0.5) is 17.2 Å². The van der Waals surface area contributed by atoms with Gasteiger partial charge in [-0.15, -0.1) is 0 Å². The van der Waals surface area contributed by atoms with Gasteiger partial charge in [0, 0.05) is 50.5 Å². The number of pyridine rings is 2. The molecule has 0 bridgehead atoms. The molecular weight excluding hydrogens is 502 g/mol. The van der Waals surface area contributed by atoms with Gasteiger partial charge in [-0.3, -0.25) is 4.79 Å². The van der Waals surface area contributed by atoms with E-state index >= 15 is 0 Å². The van der Waals surface area contributed by atoms with Gasteiger partial charge in [-0.1, -0.05) is 6.07 Å². The average Bonchev–Trinajstić information content (AvgIpc) is 3.71. The number of β-amino-alcohol motifs (C(OH)–C–C–N with tert-alkyl or cyclic N) is 1. The van der Waals surface area contributed by atoms with Gasteiger partial charge in [-0.25, -0.2) is 9.97 Å². The molecule has 3 aliphatic rings. The van der Waals surface area contributed by atoms with Crippen molar-refractivity contribution in [3.63, 3.8) is 0 Å². The summed E-state index contributed by atoms with van der Waals surface area (Å²) in [6.07, 6.45) is 5.67. The number of hydrogen-bond acceptors (Lipinski definition) is 7. The van der Waals surface area contributed by atoms with E-state index in [0.717, 1.165) is 65.2 Å². The fourth-order valence-corrected chi connectivity index (χ4v) is 6.79. The predicted octanol–water partition coefficient (Wildman–Crippen LogP) is 3.74. The van der Waals surface area contributed by atoms with Crippen LogP contribution in [0, 0.1) is 0 Å². The van der Waals surface area contributed by atoms with E-state index in [2.05, 4.69) is 50.2 Å². The van der Waals surface area contributed by atoms with Crippen LogP contribution in [0.2, 0.25) is 0 Å². The Bertz CT molecular complexity index is 1660. The van der Waals surface area contributed by atoms with Gasteiger partial charge >= 0.3 is 0 Å². The molecule has 1 saturated heterocycles. The Hall–Kier alpha value is -3.95. The second-order valence-corrected chi connectivity index (χ2v) is 11.5. The van der Waals surface area contributed by atoms with E-state index < -0.39 is 0 Å². The van der Waals surface area contributed by atoms with E-state index in [1.54, 1.807) is 0 Å². The SMILES string of the molecule is CN(C)Cc1nc(Nc2ccc(-c3ccnc4c3c3c(n4C)CCC3)c3c2C(=O)NC3)ccc1N1CC[C@@H](O)C1. The zero-order chi connectivity index (χ0) is 27.5. The first-order chi connectivity index (χ1) is 19.4.